The van der Waals surface area contributed by atoms with Crippen LogP contribution in [-0.2, 0) is 18.5 Å². The molecular formula is C26H34N7O5P. The maximum atomic E-state index is 12.7. The molecule has 0 aliphatic carbocycles. The molecular weight excluding hydrogens is 521 g/mol. The number of benzene rings is 1. The number of hydrogen-bond acceptors (Lipinski definition) is 9. The van der Waals surface area contributed by atoms with Crippen LogP contribution in [0.15, 0.2) is 46.4 Å². The molecule has 1 unspecified atom stereocenters. The van der Waals surface area contributed by atoms with Crippen molar-refractivity contribution in [3.8, 4) is 0 Å². The fourth-order valence-corrected chi connectivity index (χ4v) is 7.60. The van der Waals surface area contributed by atoms with Gasteiger partial charge in [-0.1, -0.05) is 37.3 Å². The van der Waals surface area contributed by atoms with Crippen molar-refractivity contribution >= 4 is 32.0 Å². The molecule has 1 aromatic carbocycles. The topological polar surface area (TPSA) is 119 Å². The number of nitrogens with zero attached hydrogens (tertiary/aromatic N) is 6. The van der Waals surface area contributed by atoms with Crippen molar-refractivity contribution < 1.29 is 18.5 Å². The van der Waals surface area contributed by atoms with Crippen LogP contribution < -0.4 is 5.56 Å². The molecule has 208 valence electrons. The third-order valence-electron chi connectivity index (χ3n) is 7.44. The molecule has 7 atom stereocenters. The van der Waals surface area contributed by atoms with Gasteiger partial charge in [0.05, 0.1) is 18.8 Å². The summed E-state index contributed by atoms with van der Waals surface area (Å²) in [6.07, 6.45) is 4.36. The van der Waals surface area contributed by atoms with Crippen LogP contribution in [-0.4, -0.2) is 87.5 Å². The average molecular weight is 556 g/mol. The molecule has 6 rings (SSSR count). The van der Waals surface area contributed by atoms with E-state index < -0.39 is 20.9 Å². The Morgan fingerprint density at radius 3 is 2.85 bits per heavy atom. The summed E-state index contributed by atoms with van der Waals surface area (Å²) < 4.78 is 30.0. The van der Waals surface area contributed by atoms with Gasteiger partial charge in [0.15, 0.2) is 17.4 Å². The van der Waals surface area contributed by atoms with E-state index in [-0.39, 0.29) is 35.3 Å². The number of ether oxygens (including phenoxy) is 2. The molecule has 0 bridgehead atoms. The van der Waals surface area contributed by atoms with E-state index in [0.29, 0.717) is 11.7 Å². The zero-order valence-corrected chi connectivity index (χ0v) is 23.4. The fourth-order valence-electron chi connectivity index (χ4n) is 5.60. The van der Waals surface area contributed by atoms with E-state index in [1.807, 2.05) is 20.2 Å². The van der Waals surface area contributed by atoms with E-state index in [2.05, 4.69) is 55.8 Å². The Bertz CT molecular complexity index is 1380. The van der Waals surface area contributed by atoms with Crippen LogP contribution in [0.5, 0.6) is 0 Å². The lowest BCUT2D eigenvalue weighted by atomic mass is 10.0. The van der Waals surface area contributed by atoms with Crippen molar-refractivity contribution in [2.75, 3.05) is 27.7 Å². The lowest BCUT2D eigenvalue weighted by Gasteiger charge is -2.28. The highest BCUT2D eigenvalue weighted by Gasteiger charge is 2.53. The van der Waals surface area contributed by atoms with Gasteiger partial charge in [-0.25, -0.2) is 14.6 Å². The molecule has 0 saturated carbocycles. The van der Waals surface area contributed by atoms with E-state index >= 15 is 0 Å². The van der Waals surface area contributed by atoms with Crippen molar-refractivity contribution in [3.05, 3.63) is 52.6 Å². The van der Waals surface area contributed by atoms with Gasteiger partial charge in [-0.2, -0.15) is 4.98 Å². The molecule has 2 aromatic heterocycles. The monoisotopic (exact) mass is 555 g/mol. The third kappa shape index (κ3) is 4.90. The maximum Gasteiger partial charge on any atom is 0.280 e. The summed E-state index contributed by atoms with van der Waals surface area (Å²) in [4.78, 5) is 30.3. The Balaban J connectivity index is 1.29. The Labute approximate surface area is 227 Å². The van der Waals surface area contributed by atoms with E-state index in [0.717, 1.165) is 25.8 Å². The number of fused-ring (bicyclic) bond motifs is 2. The summed E-state index contributed by atoms with van der Waals surface area (Å²) in [5.41, 5.74) is 1.39. The summed E-state index contributed by atoms with van der Waals surface area (Å²) in [7, 11) is 4.03. The largest absolute Gasteiger partial charge is 0.374 e. The van der Waals surface area contributed by atoms with E-state index in [4.69, 9.17) is 18.5 Å². The number of rotatable bonds is 8. The van der Waals surface area contributed by atoms with E-state index in [1.54, 1.807) is 29.2 Å². The van der Waals surface area contributed by atoms with Gasteiger partial charge >= 0.3 is 0 Å². The zero-order valence-electron chi connectivity index (χ0n) is 22.5. The first-order chi connectivity index (χ1) is 19.0. The van der Waals surface area contributed by atoms with Gasteiger partial charge in [0.2, 0.25) is 5.95 Å². The van der Waals surface area contributed by atoms with Crippen LogP contribution in [0.25, 0.3) is 11.2 Å². The number of methoxy groups -OCH3 is 1. The minimum Gasteiger partial charge on any atom is -0.374 e. The van der Waals surface area contributed by atoms with Crippen LogP contribution >= 0.6 is 8.53 Å². The smallest absolute Gasteiger partial charge is 0.280 e. The summed E-state index contributed by atoms with van der Waals surface area (Å²) in [5, 5.41) is 0. The quantitative estimate of drug-likeness (QED) is 0.253. The standard InChI is InChI=1S/C26H34N7O5P/c1-5-18-21(38-39-33-13-9-12-17(33)20(37-39)16-10-7-6-8-11-16)22(35-4)25(36-18)32-15-27-19-23(32)29-26(30-24(19)34)28-14-31(2)3/h6-8,10-11,14-15,17-18,20-22,25H,5,9,12-13H2,1-4H3,(H,29,30,34)/t17-,18+,20+,21-,22?,25+,39+/m0/s1. The van der Waals surface area contributed by atoms with Gasteiger partial charge in [-0.3, -0.25) is 14.3 Å². The van der Waals surface area contributed by atoms with Crippen LogP contribution in [0.4, 0.5) is 5.95 Å². The zero-order chi connectivity index (χ0) is 27.1. The average Bonchev–Trinajstić information content (AvgIpc) is 3.71. The van der Waals surface area contributed by atoms with Crippen molar-refractivity contribution in [1.82, 2.24) is 29.1 Å². The molecule has 0 amide bonds. The molecule has 0 radical (unpaired) electrons. The first-order valence-corrected chi connectivity index (χ1v) is 14.4. The summed E-state index contributed by atoms with van der Waals surface area (Å²) in [6.45, 7) is 3.01. The molecule has 0 spiro atoms. The fraction of sp³-hybridized carbons (Fsp3) is 0.538. The Morgan fingerprint density at radius 2 is 2.10 bits per heavy atom. The van der Waals surface area contributed by atoms with Crippen LogP contribution in [0.1, 0.15) is 44.1 Å². The SMILES string of the molecule is CC[C@H]1O[C@@H](n2cnc3c(=O)[nH]c(N=CN(C)C)nc32)C(OC)[C@H]1O[P@@]1O[C@H](c2ccccc2)[C@@H]2CCCN21. The molecule has 12 nitrogen and oxygen atoms in total. The second kappa shape index (κ2) is 11.0. The lowest BCUT2D eigenvalue weighted by molar-refractivity contribution is -0.0493. The third-order valence-corrected chi connectivity index (χ3v) is 9.19. The molecule has 3 fully saturated rings. The van der Waals surface area contributed by atoms with Crippen molar-refractivity contribution in [2.24, 2.45) is 4.99 Å². The van der Waals surface area contributed by atoms with Gasteiger partial charge in [-0.05, 0) is 24.8 Å². The van der Waals surface area contributed by atoms with Crippen LogP contribution in [0.3, 0.4) is 0 Å². The van der Waals surface area contributed by atoms with Crippen LogP contribution in [0.2, 0.25) is 0 Å². The predicted octanol–water partition coefficient (Wildman–Crippen LogP) is 3.51. The van der Waals surface area contributed by atoms with Gasteiger partial charge in [0, 0.05) is 33.8 Å². The minimum atomic E-state index is -1.30. The molecule has 39 heavy (non-hydrogen) atoms. The number of imidazole rings is 1. The predicted molar refractivity (Wildman–Crippen MR) is 147 cm³/mol. The molecule has 5 heterocycles. The summed E-state index contributed by atoms with van der Waals surface area (Å²) >= 11 is 0. The number of hydrogen-bond donors (Lipinski definition) is 1. The minimum absolute atomic E-state index is 0.0198. The molecule has 3 aliphatic heterocycles. The second-order valence-corrected chi connectivity index (χ2v) is 11.6. The second-order valence-electron chi connectivity index (χ2n) is 10.2. The Morgan fingerprint density at radius 1 is 1.28 bits per heavy atom. The molecule has 3 aromatic rings. The van der Waals surface area contributed by atoms with Gasteiger partial charge in [0.1, 0.15) is 18.3 Å². The molecule has 3 saturated heterocycles. The van der Waals surface area contributed by atoms with E-state index in [9.17, 15) is 4.79 Å². The van der Waals surface area contributed by atoms with Gasteiger partial charge < -0.3 is 23.4 Å². The number of aromatic nitrogens is 4. The van der Waals surface area contributed by atoms with Crippen molar-refractivity contribution in [1.29, 1.82) is 0 Å². The highest BCUT2D eigenvalue weighted by Crippen LogP contribution is 2.62. The lowest BCUT2D eigenvalue weighted by Crippen LogP contribution is -2.36. The molecule has 13 heteroatoms. The van der Waals surface area contributed by atoms with E-state index in [1.165, 1.54) is 5.56 Å². The van der Waals surface area contributed by atoms with Crippen molar-refractivity contribution in [2.45, 2.75) is 62.9 Å². The Hall–Kier alpha value is -2.73. The van der Waals surface area contributed by atoms with Gasteiger partial charge in [0.25, 0.3) is 14.1 Å². The maximum absolute atomic E-state index is 12.7. The number of nitrogens with one attached hydrogen (secondary N) is 1. The van der Waals surface area contributed by atoms with Crippen molar-refractivity contribution in [3.63, 3.8) is 0 Å². The van der Waals surface area contributed by atoms with Gasteiger partial charge in [-0.15, -0.1) is 0 Å². The highest BCUT2D eigenvalue weighted by molar-refractivity contribution is 7.45. The number of H-pyrrole nitrogens is 1. The molecule has 1 N–H and O–H groups in total. The normalized spacial score (nSPS) is 31.0. The first kappa shape index (κ1) is 26.5. The number of aromatic amines is 1. The Kier molecular flexibility index (Phi) is 7.49. The molecule has 3 aliphatic rings. The first-order valence-electron chi connectivity index (χ1n) is 13.3. The highest BCUT2D eigenvalue weighted by atomic mass is 31.2. The van der Waals surface area contributed by atoms with Crippen LogP contribution in [0, 0.1) is 0 Å². The summed E-state index contributed by atoms with van der Waals surface area (Å²) in [6, 6.07) is 10.7. The number of aliphatic imine (C=N–C) groups is 1. The summed E-state index contributed by atoms with van der Waals surface area (Å²) in [5.74, 6) is 0.185.